The molecule has 158 valence electrons. The summed E-state index contributed by atoms with van der Waals surface area (Å²) >= 11 is 10.2. The van der Waals surface area contributed by atoms with E-state index in [4.69, 9.17) is 25.3 Å². The largest absolute Gasteiger partial charge is 0.508 e. The molecule has 0 aromatic heterocycles. The summed E-state index contributed by atoms with van der Waals surface area (Å²) in [4.78, 5) is 0. The fraction of sp³-hybridized carbons (Fsp3) is 0.280. The molecule has 0 saturated heterocycles. The molecule has 3 atom stereocenters. The maximum Gasteiger partial charge on any atom is 0.115 e. The molecule has 3 rings (SSSR count). The number of hydrogen-bond donors (Lipinski definition) is 5. The fourth-order valence-electron chi connectivity index (χ4n) is 3.98. The third-order valence-corrected chi connectivity index (χ3v) is 6.65. The minimum atomic E-state index is -0.528. The van der Waals surface area contributed by atoms with Gasteiger partial charge >= 0.3 is 0 Å². The van der Waals surface area contributed by atoms with Gasteiger partial charge in [-0.3, -0.25) is 0 Å². The normalized spacial score (nSPS) is 16.4. The second-order valence-corrected chi connectivity index (χ2v) is 10.1. The number of phenolic OH excluding ortho intramolecular Hbond substituents is 3. The SMILES string of the molecule is CC(CC(S)(CC(C)(S)c1ccc(O)cc1)c1ccc(O)cc1)c1ccc(O)cc1. The van der Waals surface area contributed by atoms with E-state index < -0.39 is 9.49 Å². The van der Waals surface area contributed by atoms with Gasteiger partial charge in [0.15, 0.2) is 0 Å². The Morgan fingerprint density at radius 3 is 1.57 bits per heavy atom. The van der Waals surface area contributed by atoms with Crippen LogP contribution < -0.4 is 0 Å². The highest BCUT2D eigenvalue weighted by atomic mass is 32.1. The van der Waals surface area contributed by atoms with E-state index in [1.807, 2.05) is 36.4 Å². The molecule has 0 aliphatic carbocycles. The Labute approximate surface area is 189 Å². The summed E-state index contributed by atoms with van der Waals surface area (Å²) in [5, 5.41) is 29.0. The Bertz CT molecular complexity index is 967. The molecule has 5 heteroatoms. The summed E-state index contributed by atoms with van der Waals surface area (Å²) in [6, 6.07) is 21.6. The first-order valence-corrected chi connectivity index (χ1v) is 10.8. The van der Waals surface area contributed by atoms with Crippen LogP contribution in [0.5, 0.6) is 17.2 Å². The van der Waals surface area contributed by atoms with Crippen LogP contribution in [0, 0.1) is 0 Å². The van der Waals surface area contributed by atoms with Crippen LogP contribution in [-0.2, 0) is 9.49 Å². The van der Waals surface area contributed by atoms with E-state index in [0.29, 0.717) is 6.42 Å². The Balaban J connectivity index is 1.95. The predicted molar refractivity (Wildman–Crippen MR) is 129 cm³/mol. The zero-order valence-corrected chi connectivity index (χ0v) is 18.9. The summed E-state index contributed by atoms with van der Waals surface area (Å²) in [5.74, 6) is 0.866. The lowest BCUT2D eigenvalue weighted by Gasteiger charge is -2.39. The van der Waals surface area contributed by atoms with Crippen LogP contribution in [0.3, 0.4) is 0 Å². The van der Waals surface area contributed by atoms with Crippen LogP contribution in [0.25, 0.3) is 0 Å². The number of aromatic hydroxyl groups is 3. The maximum absolute atomic E-state index is 9.76. The molecule has 0 saturated carbocycles. The van der Waals surface area contributed by atoms with Gasteiger partial charge in [0.1, 0.15) is 17.2 Å². The fourth-order valence-corrected chi connectivity index (χ4v) is 5.27. The van der Waals surface area contributed by atoms with Crippen molar-refractivity contribution in [2.45, 2.75) is 42.1 Å². The van der Waals surface area contributed by atoms with E-state index in [2.05, 4.69) is 13.8 Å². The van der Waals surface area contributed by atoms with Gasteiger partial charge in [0.2, 0.25) is 0 Å². The molecule has 0 aliphatic heterocycles. The summed E-state index contributed by atoms with van der Waals surface area (Å²) < 4.78 is -1.03. The van der Waals surface area contributed by atoms with Crippen LogP contribution in [0.2, 0.25) is 0 Å². The molecule has 0 aliphatic rings. The van der Waals surface area contributed by atoms with Crippen molar-refractivity contribution in [3.8, 4) is 17.2 Å². The van der Waals surface area contributed by atoms with Crippen LogP contribution in [0.15, 0.2) is 72.8 Å². The highest BCUT2D eigenvalue weighted by molar-refractivity contribution is 7.82. The van der Waals surface area contributed by atoms with Crippen LogP contribution in [0.1, 0.15) is 49.3 Å². The molecule has 0 heterocycles. The van der Waals surface area contributed by atoms with Crippen LogP contribution in [-0.4, -0.2) is 15.3 Å². The lowest BCUT2D eigenvalue weighted by molar-refractivity contribution is 0.430. The average Bonchev–Trinajstić information content (AvgIpc) is 2.68. The van der Waals surface area contributed by atoms with E-state index in [-0.39, 0.29) is 23.2 Å². The molecule has 0 fully saturated rings. The Hall–Kier alpha value is -2.24. The number of hydrogen-bond acceptors (Lipinski definition) is 5. The molecule has 0 spiro atoms. The molecule has 3 aromatic rings. The van der Waals surface area contributed by atoms with E-state index in [1.165, 1.54) is 0 Å². The molecule has 3 nitrogen and oxygen atoms in total. The first-order valence-electron chi connectivity index (χ1n) is 9.92. The average molecular weight is 441 g/mol. The van der Waals surface area contributed by atoms with Crippen molar-refractivity contribution < 1.29 is 15.3 Å². The molecule has 30 heavy (non-hydrogen) atoms. The Morgan fingerprint density at radius 2 is 1.10 bits per heavy atom. The first-order chi connectivity index (χ1) is 14.1. The molecule has 3 N–H and O–H groups in total. The molecular formula is C25H28O3S2. The highest BCUT2D eigenvalue weighted by Gasteiger charge is 2.38. The van der Waals surface area contributed by atoms with Gasteiger partial charge in [-0.05, 0) is 78.8 Å². The quantitative estimate of drug-likeness (QED) is 0.278. The van der Waals surface area contributed by atoms with Crippen LogP contribution >= 0.6 is 25.3 Å². The molecule has 0 amide bonds. The topological polar surface area (TPSA) is 60.7 Å². The molecule has 3 aromatic carbocycles. The number of thiol groups is 2. The zero-order valence-electron chi connectivity index (χ0n) is 17.2. The van der Waals surface area contributed by atoms with E-state index in [9.17, 15) is 15.3 Å². The van der Waals surface area contributed by atoms with Gasteiger partial charge in [-0.2, -0.15) is 25.3 Å². The second-order valence-electron chi connectivity index (χ2n) is 8.27. The molecule has 0 radical (unpaired) electrons. The van der Waals surface area contributed by atoms with Gasteiger partial charge in [0.25, 0.3) is 0 Å². The molecular weight excluding hydrogens is 412 g/mol. The van der Waals surface area contributed by atoms with Crippen molar-refractivity contribution >= 4 is 25.3 Å². The molecule has 0 bridgehead atoms. The standard InChI is InChI=1S/C25H28O3S2/c1-17(18-3-9-21(26)10-4-18)15-25(30,20-7-13-23(28)14-8-20)16-24(2,29)19-5-11-22(27)12-6-19/h3-14,17,26-30H,15-16H2,1-2H3. The van der Waals surface area contributed by atoms with Gasteiger partial charge < -0.3 is 15.3 Å². The van der Waals surface area contributed by atoms with E-state index in [1.54, 1.807) is 36.4 Å². The Morgan fingerprint density at radius 1 is 0.700 bits per heavy atom. The predicted octanol–water partition coefficient (Wildman–Crippen LogP) is 6.36. The van der Waals surface area contributed by atoms with Crippen molar-refractivity contribution in [3.05, 3.63) is 89.5 Å². The lowest BCUT2D eigenvalue weighted by Crippen LogP contribution is -2.30. The molecule has 3 unspecified atom stereocenters. The number of benzene rings is 3. The van der Waals surface area contributed by atoms with Gasteiger partial charge in [-0.15, -0.1) is 0 Å². The third-order valence-electron chi connectivity index (χ3n) is 5.64. The minimum absolute atomic E-state index is 0.181. The summed E-state index contributed by atoms with van der Waals surface area (Å²) in [5.41, 5.74) is 3.13. The van der Waals surface area contributed by atoms with Crippen molar-refractivity contribution in [1.82, 2.24) is 0 Å². The van der Waals surface area contributed by atoms with Crippen molar-refractivity contribution in [3.63, 3.8) is 0 Å². The van der Waals surface area contributed by atoms with Crippen molar-refractivity contribution in [2.75, 3.05) is 0 Å². The van der Waals surface area contributed by atoms with Gasteiger partial charge in [-0.1, -0.05) is 43.3 Å². The van der Waals surface area contributed by atoms with Gasteiger partial charge in [-0.25, -0.2) is 0 Å². The van der Waals surface area contributed by atoms with Gasteiger partial charge in [0.05, 0.1) is 0 Å². The number of phenols is 3. The highest BCUT2D eigenvalue weighted by Crippen LogP contribution is 2.49. The zero-order chi connectivity index (χ0) is 21.9. The third kappa shape index (κ3) is 5.27. The van der Waals surface area contributed by atoms with E-state index >= 15 is 0 Å². The van der Waals surface area contributed by atoms with Crippen molar-refractivity contribution in [1.29, 1.82) is 0 Å². The lowest BCUT2D eigenvalue weighted by atomic mass is 9.78. The second kappa shape index (κ2) is 8.86. The summed E-state index contributed by atoms with van der Waals surface area (Å²) in [7, 11) is 0. The van der Waals surface area contributed by atoms with Crippen LogP contribution in [0.4, 0.5) is 0 Å². The summed E-state index contributed by atoms with van der Waals surface area (Å²) in [6.45, 7) is 4.20. The number of rotatable bonds is 7. The summed E-state index contributed by atoms with van der Waals surface area (Å²) in [6.07, 6.45) is 1.37. The smallest absolute Gasteiger partial charge is 0.115 e. The monoisotopic (exact) mass is 440 g/mol. The Kier molecular flexibility index (Phi) is 6.63. The first kappa shape index (κ1) is 22.4. The van der Waals surface area contributed by atoms with Crippen molar-refractivity contribution in [2.24, 2.45) is 0 Å². The maximum atomic E-state index is 9.76. The van der Waals surface area contributed by atoms with E-state index in [0.717, 1.165) is 23.1 Å². The minimum Gasteiger partial charge on any atom is -0.508 e. The van der Waals surface area contributed by atoms with Gasteiger partial charge in [0, 0.05) is 9.49 Å².